The third kappa shape index (κ3) is 5.99. The van der Waals surface area contributed by atoms with E-state index in [2.05, 4.69) is 26.1 Å². The number of hydrogen-bond donors (Lipinski definition) is 1. The van der Waals surface area contributed by atoms with Gasteiger partial charge in [-0.25, -0.2) is 0 Å². The predicted octanol–water partition coefficient (Wildman–Crippen LogP) is 3.71. The van der Waals surface area contributed by atoms with Crippen LogP contribution >= 0.6 is 11.6 Å². The summed E-state index contributed by atoms with van der Waals surface area (Å²) in [5, 5.41) is 3.44. The molecule has 0 amide bonds. The van der Waals surface area contributed by atoms with Gasteiger partial charge in [0, 0.05) is 17.6 Å². The van der Waals surface area contributed by atoms with Crippen molar-refractivity contribution in [3.63, 3.8) is 0 Å². The van der Waals surface area contributed by atoms with Gasteiger partial charge in [-0.15, -0.1) is 0 Å². The van der Waals surface area contributed by atoms with Crippen LogP contribution in [0.4, 0.5) is 0 Å². The molecule has 0 bridgehead atoms. The SMILES string of the molecule is COc1ccc(CNC(C)(C)C)cc1OCC=CCl. The maximum Gasteiger partial charge on any atom is 0.161 e. The summed E-state index contributed by atoms with van der Waals surface area (Å²) < 4.78 is 10.9. The van der Waals surface area contributed by atoms with Gasteiger partial charge in [0.2, 0.25) is 0 Å². The Balaban J connectivity index is 2.76. The lowest BCUT2D eigenvalue weighted by atomic mass is 10.1. The quantitative estimate of drug-likeness (QED) is 0.863. The van der Waals surface area contributed by atoms with Gasteiger partial charge in [-0.05, 0) is 44.5 Å². The summed E-state index contributed by atoms with van der Waals surface area (Å²) in [5.41, 5.74) is 2.68. The molecular weight excluding hydrogens is 262 g/mol. The lowest BCUT2D eigenvalue weighted by Crippen LogP contribution is -2.35. The number of methoxy groups -OCH3 is 1. The van der Waals surface area contributed by atoms with Crippen LogP contribution in [-0.4, -0.2) is 19.3 Å². The van der Waals surface area contributed by atoms with Crippen molar-refractivity contribution in [3.8, 4) is 11.5 Å². The summed E-state index contributed by atoms with van der Waals surface area (Å²) in [6, 6.07) is 5.93. The molecule has 106 valence electrons. The first-order chi connectivity index (χ1) is 8.96. The number of hydrogen-bond acceptors (Lipinski definition) is 3. The first-order valence-corrected chi connectivity index (χ1v) is 6.70. The molecule has 0 atom stereocenters. The fraction of sp³-hybridized carbons (Fsp3) is 0.467. The molecule has 4 heteroatoms. The normalized spacial score (nSPS) is 11.8. The van der Waals surface area contributed by atoms with Crippen molar-refractivity contribution in [2.45, 2.75) is 32.9 Å². The topological polar surface area (TPSA) is 30.5 Å². The summed E-state index contributed by atoms with van der Waals surface area (Å²) in [6.07, 6.45) is 1.74. The average Bonchev–Trinajstić information content (AvgIpc) is 2.36. The monoisotopic (exact) mass is 283 g/mol. The molecule has 0 saturated heterocycles. The smallest absolute Gasteiger partial charge is 0.161 e. The first kappa shape index (κ1) is 15.9. The molecule has 19 heavy (non-hydrogen) atoms. The summed E-state index contributed by atoms with van der Waals surface area (Å²) in [7, 11) is 1.63. The molecule has 1 rings (SSSR count). The maximum atomic E-state index is 5.62. The van der Waals surface area contributed by atoms with Crippen LogP contribution in [0.5, 0.6) is 11.5 Å². The zero-order valence-electron chi connectivity index (χ0n) is 12.0. The van der Waals surface area contributed by atoms with Crippen molar-refractivity contribution < 1.29 is 9.47 Å². The third-order valence-corrected chi connectivity index (χ3v) is 2.65. The maximum absolute atomic E-state index is 5.62. The zero-order chi connectivity index (χ0) is 14.3. The third-order valence-electron chi connectivity index (χ3n) is 2.48. The highest BCUT2D eigenvalue weighted by molar-refractivity contribution is 6.25. The molecule has 0 heterocycles. The Morgan fingerprint density at radius 2 is 2.00 bits per heavy atom. The number of halogens is 1. The van der Waals surface area contributed by atoms with Gasteiger partial charge in [0.25, 0.3) is 0 Å². The molecule has 0 unspecified atom stereocenters. The summed E-state index contributed by atoms with van der Waals surface area (Å²) in [4.78, 5) is 0. The Bertz CT molecular complexity index is 425. The second-order valence-corrected chi connectivity index (χ2v) is 5.51. The fourth-order valence-corrected chi connectivity index (χ4v) is 1.56. The minimum absolute atomic E-state index is 0.0856. The van der Waals surface area contributed by atoms with Gasteiger partial charge in [-0.2, -0.15) is 0 Å². The molecular formula is C15H22ClNO2. The van der Waals surface area contributed by atoms with Gasteiger partial charge < -0.3 is 14.8 Å². The molecule has 0 fully saturated rings. The van der Waals surface area contributed by atoms with Crippen molar-refractivity contribution >= 4 is 11.6 Å². The van der Waals surface area contributed by atoms with Crippen LogP contribution in [0.2, 0.25) is 0 Å². The standard InChI is InChI=1S/C15H22ClNO2/c1-15(2,3)17-11-12-6-7-13(18-4)14(10-12)19-9-5-8-16/h5-8,10,17H,9,11H2,1-4H3. The van der Waals surface area contributed by atoms with Gasteiger partial charge in [-0.1, -0.05) is 17.7 Å². The van der Waals surface area contributed by atoms with E-state index in [1.165, 1.54) is 5.54 Å². The Kier molecular flexibility index (Phi) is 6.19. The van der Waals surface area contributed by atoms with Gasteiger partial charge >= 0.3 is 0 Å². The average molecular weight is 284 g/mol. The van der Waals surface area contributed by atoms with E-state index in [0.29, 0.717) is 6.61 Å². The van der Waals surface area contributed by atoms with E-state index in [1.54, 1.807) is 13.2 Å². The number of nitrogens with one attached hydrogen (secondary N) is 1. The van der Waals surface area contributed by atoms with E-state index < -0.39 is 0 Å². The lowest BCUT2D eigenvalue weighted by Gasteiger charge is -2.21. The second-order valence-electron chi connectivity index (χ2n) is 5.26. The van der Waals surface area contributed by atoms with Crippen LogP contribution in [0.1, 0.15) is 26.3 Å². The minimum atomic E-state index is 0.0856. The molecule has 1 N–H and O–H groups in total. The minimum Gasteiger partial charge on any atom is -0.493 e. The molecule has 3 nitrogen and oxygen atoms in total. The Hall–Kier alpha value is -1.19. The summed E-state index contributed by atoms with van der Waals surface area (Å²) >= 11 is 5.47. The molecule has 0 aliphatic carbocycles. The van der Waals surface area contributed by atoms with Gasteiger partial charge in [0.05, 0.1) is 7.11 Å². The highest BCUT2D eigenvalue weighted by Gasteiger charge is 2.10. The first-order valence-electron chi connectivity index (χ1n) is 6.26. The molecule has 0 aliphatic heterocycles. The zero-order valence-corrected chi connectivity index (χ0v) is 12.8. The van der Waals surface area contributed by atoms with E-state index in [0.717, 1.165) is 23.6 Å². The number of benzene rings is 1. The Labute approximate surface area is 120 Å². The highest BCUT2D eigenvalue weighted by Crippen LogP contribution is 2.28. The molecule has 0 aliphatic rings. The van der Waals surface area contributed by atoms with Crippen molar-refractivity contribution in [2.24, 2.45) is 0 Å². The fourth-order valence-electron chi connectivity index (χ4n) is 1.49. The number of rotatable bonds is 6. The van der Waals surface area contributed by atoms with Crippen molar-refractivity contribution in [1.82, 2.24) is 5.32 Å². The Morgan fingerprint density at radius 3 is 2.58 bits per heavy atom. The van der Waals surface area contributed by atoms with Crippen LogP contribution in [0, 0.1) is 0 Å². The van der Waals surface area contributed by atoms with E-state index in [9.17, 15) is 0 Å². The van der Waals surface area contributed by atoms with E-state index >= 15 is 0 Å². The van der Waals surface area contributed by atoms with Crippen LogP contribution < -0.4 is 14.8 Å². The van der Waals surface area contributed by atoms with Crippen molar-refractivity contribution in [2.75, 3.05) is 13.7 Å². The van der Waals surface area contributed by atoms with E-state index in [-0.39, 0.29) is 5.54 Å². The number of ether oxygens (including phenoxy) is 2. The van der Waals surface area contributed by atoms with Crippen molar-refractivity contribution in [3.05, 3.63) is 35.4 Å². The van der Waals surface area contributed by atoms with E-state index in [1.807, 2.05) is 18.2 Å². The van der Waals surface area contributed by atoms with Crippen LogP contribution in [0.15, 0.2) is 29.8 Å². The second kappa shape index (κ2) is 7.41. The largest absolute Gasteiger partial charge is 0.493 e. The molecule has 0 aromatic heterocycles. The summed E-state index contributed by atoms with van der Waals surface area (Å²) in [5.74, 6) is 1.45. The van der Waals surface area contributed by atoms with Crippen molar-refractivity contribution in [1.29, 1.82) is 0 Å². The van der Waals surface area contributed by atoms with Gasteiger partial charge in [0.15, 0.2) is 11.5 Å². The molecule has 0 saturated carbocycles. The van der Waals surface area contributed by atoms with Gasteiger partial charge in [0.1, 0.15) is 6.61 Å². The van der Waals surface area contributed by atoms with Crippen LogP contribution in [-0.2, 0) is 6.54 Å². The van der Waals surface area contributed by atoms with Crippen LogP contribution in [0.25, 0.3) is 0 Å². The molecule has 1 aromatic carbocycles. The molecule has 0 spiro atoms. The highest BCUT2D eigenvalue weighted by atomic mass is 35.5. The predicted molar refractivity (Wildman–Crippen MR) is 80.1 cm³/mol. The Morgan fingerprint density at radius 1 is 1.26 bits per heavy atom. The van der Waals surface area contributed by atoms with Gasteiger partial charge in [-0.3, -0.25) is 0 Å². The van der Waals surface area contributed by atoms with E-state index in [4.69, 9.17) is 21.1 Å². The van der Waals surface area contributed by atoms with Crippen LogP contribution in [0.3, 0.4) is 0 Å². The molecule has 0 radical (unpaired) electrons. The lowest BCUT2D eigenvalue weighted by molar-refractivity contribution is 0.325. The molecule has 1 aromatic rings. The summed E-state index contributed by atoms with van der Waals surface area (Å²) in [6.45, 7) is 7.63.